The van der Waals surface area contributed by atoms with Crippen molar-refractivity contribution >= 4 is 21.7 Å². The van der Waals surface area contributed by atoms with Crippen LogP contribution in [0.15, 0.2) is 55.0 Å². The van der Waals surface area contributed by atoms with E-state index in [0.29, 0.717) is 26.2 Å². The zero-order chi connectivity index (χ0) is 22.4. The summed E-state index contributed by atoms with van der Waals surface area (Å²) >= 11 is 0. The number of tetrazole rings is 1. The molecule has 4 rings (SSSR count). The Kier molecular flexibility index (Phi) is 6.71. The van der Waals surface area contributed by atoms with Crippen LogP contribution in [0, 0.1) is 0 Å². The summed E-state index contributed by atoms with van der Waals surface area (Å²) in [6.07, 6.45) is 3.38. The van der Waals surface area contributed by atoms with Crippen LogP contribution in [0.1, 0.15) is 5.56 Å². The molecule has 1 saturated heterocycles. The summed E-state index contributed by atoms with van der Waals surface area (Å²) in [6, 6.07) is 12.9. The van der Waals surface area contributed by atoms with Crippen LogP contribution in [0.4, 0.5) is 5.82 Å². The summed E-state index contributed by atoms with van der Waals surface area (Å²) in [5.74, 6) is 0.499. The van der Waals surface area contributed by atoms with Crippen LogP contribution in [0.3, 0.4) is 0 Å². The van der Waals surface area contributed by atoms with Crippen molar-refractivity contribution < 1.29 is 13.2 Å². The molecule has 11 nitrogen and oxygen atoms in total. The number of anilines is 1. The number of benzene rings is 1. The van der Waals surface area contributed by atoms with Crippen molar-refractivity contribution in [2.24, 2.45) is 0 Å². The maximum absolute atomic E-state index is 12.6. The number of aromatic nitrogens is 5. The van der Waals surface area contributed by atoms with Gasteiger partial charge in [0, 0.05) is 38.9 Å². The molecule has 0 bridgehead atoms. The fraction of sp³-hybridized carbons (Fsp3) is 0.350. The van der Waals surface area contributed by atoms with Gasteiger partial charge in [0.25, 0.3) is 0 Å². The van der Waals surface area contributed by atoms with Crippen LogP contribution in [-0.4, -0.2) is 82.3 Å². The maximum Gasteiger partial charge on any atom is 0.224 e. The van der Waals surface area contributed by atoms with E-state index in [9.17, 15) is 13.2 Å². The zero-order valence-corrected chi connectivity index (χ0v) is 18.2. The number of carbonyl (C=O) groups is 1. The average molecular weight is 457 g/mol. The first-order valence-corrected chi connectivity index (χ1v) is 11.8. The van der Waals surface area contributed by atoms with Crippen molar-refractivity contribution in [1.29, 1.82) is 0 Å². The van der Waals surface area contributed by atoms with Crippen LogP contribution in [0.5, 0.6) is 0 Å². The molecule has 0 aliphatic carbocycles. The number of nitrogens with zero attached hydrogens (tertiary/aromatic N) is 7. The van der Waals surface area contributed by atoms with Gasteiger partial charge in [-0.05, 0) is 40.3 Å². The molecule has 1 aliphatic rings. The first-order valence-electron chi connectivity index (χ1n) is 10.2. The van der Waals surface area contributed by atoms with Gasteiger partial charge in [-0.25, -0.2) is 18.1 Å². The molecule has 1 amide bonds. The Balaban J connectivity index is 1.21. The van der Waals surface area contributed by atoms with Gasteiger partial charge in [0.1, 0.15) is 12.1 Å². The minimum Gasteiger partial charge on any atom is -0.355 e. The highest BCUT2D eigenvalue weighted by Crippen LogP contribution is 2.14. The number of nitrogens with one attached hydrogen (secondary N) is 1. The third-order valence-corrected chi connectivity index (χ3v) is 7.07. The molecule has 1 aliphatic heterocycles. The van der Waals surface area contributed by atoms with Crippen LogP contribution in [0.2, 0.25) is 0 Å². The molecule has 32 heavy (non-hydrogen) atoms. The molecule has 2 aromatic heterocycles. The highest BCUT2D eigenvalue weighted by Gasteiger charge is 2.27. The van der Waals surface area contributed by atoms with E-state index in [-0.39, 0.29) is 24.6 Å². The molecule has 1 aromatic carbocycles. The molecular formula is C20H24N8O3S. The fourth-order valence-electron chi connectivity index (χ4n) is 3.48. The van der Waals surface area contributed by atoms with E-state index >= 15 is 0 Å². The minimum absolute atomic E-state index is 0.0737. The quantitative estimate of drug-likeness (QED) is 0.497. The van der Waals surface area contributed by atoms with Crippen LogP contribution in [-0.2, 0) is 21.2 Å². The average Bonchev–Trinajstić information content (AvgIpc) is 3.35. The van der Waals surface area contributed by atoms with E-state index in [4.69, 9.17) is 0 Å². The van der Waals surface area contributed by atoms with Crippen molar-refractivity contribution in [1.82, 2.24) is 34.8 Å². The van der Waals surface area contributed by atoms with Crippen LogP contribution < -0.4 is 10.2 Å². The van der Waals surface area contributed by atoms with Gasteiger partial charge in [-0.2, -0.15) is 4.31 Å². The van der Waals surface area contributed by atoms with E-state index in [1.165, 1.54) is 15.3 Å². The summed E-state index contributed by atoms with van der Waals surface area (Å²) in [4.78, 5) is 18.6. The zero-order valence-electron chi connectivity index (χ0n) is 17.4. The van der Waals surface area contributed by atoms with Gasteiger partial charge in [-0.1, -0.05) is 18.2 Å². The largest absolute Gasteiger partial charge is 0.355 e. The van der Waals surface area contributed by atoms with E-state index in [1.807, 2.05) is 42.5 Å². The molecule has 3 aromatic rings. The number of piperazine rings is 1. The second kappa shape index (κ2) is 9.83. The highest BCUT2D eigenvalue weighted by atomic mass is 32.2. The van der Waals surface area contributed by atoms with Crippen molar-refractivity contribution in [3.63, 3.8) is 0 Å². The number of hydrogen-bond donors (Lipinski definition) is 1. The Morgan fingerprint density at radius 2 is 1.81 bits per heavy atom. The third-order valence-electron chi connectivity index (χ3n) is 5.20. The number of sulfonamides is 1. The molecule has 0 radical (unpaired) electrons. The number of amides is 1. The summed E-state index contributed by atoms with van der Waals surface area (Å²) in [6.45, 7) is 2.05. The van der Waals surface area contributed by atoms with Gasteiger partial charge in [-0.15, -0.1) is 5.10 Å². The Bertz CT molecular complexity index is 1110. The van der Waals surface area contributed by atoms with E-state index in [2.05, 4.69) is 30.7 Å². The normalized spacial score (nSPS) is 14.9. The predicted octanol–water partition coefficient (Wildman–Crippen LogP) is -0.132. The van der Waals surface area contributed by atoms with Crippen molar-refractivity contribution in [2.45, 2.75) is 6.42 Å². The van der Waals surface area contributed by atoms with Crippen LogP contribution in [0.25, 0.3) is 5.69 Å². The lowest BCUT2D eigenvalue weighted by Crippen LogP contribution is -2.50. The Labute approximate surface area is 186 Å². The van der Waals surface area contributed by atoms with Gasteiger partial charge in [0.15, 0.2) is 0 Å². The molecule has 1 N–H and O–H groups in total. The SMILES string of the molecule is O=C(Cc1ccc(-n2cnnn2)cc1)NCCS(=O)(=O)N1CCN(c2ccccn2)CC1. The lowest BCUT2D eigenvalue weighted by molar-refractivity contribution is -0.120. The lowest BCUT2D eigenvalue weighted by Gasteiger charge is -2.34. The standard InChI is InChI=1S/C20H24N8O3S/c29-20(15-17-4-6-18(7-5-17)28-16-23-24-25-28)22-9-14-32(30,31)27-12-10-26(11-13-27)19-3-1-2-8-21-19/h1-8,16H,9-15H2,(H,22,29). The Morgan fingerprint density at radius 3 is 2.47 bits per heavy atom. The topological polar surface area (TPSA) is 126 Å². The van der Waals surface area contributed by atoms with E-state index in [1.54, 1.807) is 6.20 Å². The van der Waals surface area contributed by atoms with E-state index in [0.717, 1.165) is 17.1 Å². The lowest BCUT2D eigenvalue weighted by atomic mass is 10.1. The van der Waals surface area contributed by atoms with Gasteiger partial charge in [-0.3, -0.25) is 4.79 Å². The molecule has 1 fully saturated rings. The molecule has 168 valence electrons. The van der Waals surface area contributed by atoms with E-state index < -0.39 is 10.0 Å². The highest BCUT2D eigenvalue weighted by molar-refractivity contribution is 7.89. The van der Waals surface area contributed by atoms with Crippen molar-refractivity contribution in [2.75, 3.05) is 43.4 Å². The molecule has 0 spiro atoms. The predicted molar refractivity (Wildman–Crippen MR) is 118 cm³/mol. The molecule has 0 atom stereocenters. The van der Waals surface area contributed by atoms with Gasteiger partial charge >= 0.3 is 0 Å². The molecule has 0 unspecified atom stereocenters. The summed E-state index contributed by atoms with van der Waals surface area (Å²) in [5.41, 5.74) is 1.60. The van der Waals surface area contributed by atoms with Crippen LogP contribution >= 0.6 is 0 Å². The maximum atomic E-state index is 12.6. The van der Waals surface area contributed by atoms with Gasteiger partial charge in [0.2, 0.25) is 15.9 Å². The monoisotopic (exact) mass is 456 g/mol. The number of rotatable bonds is 8. The Morgan fingerprint density at radius 1 is 1.03 bits per heavy atom. The second-order valence-electron chi connectivity index (χ2n) is 7.34. The molecular weight excluding hydrogens is 432 g/mol. The molecule has 12 heteroatoms. The summed E-state index contributed by atoms with van der Waals surface area (Å²) in [7, 11) is -3.44. The third kappa shape index (κ3) is 5.45. The first kappa shape index (κ1) is 21.8. The first-order chi connectivity index (χ1) is 15.5. The van der Waals surface area contributed by atoms with Gasteiger partial charge in [0.05, 0.1) is 17.9 Å². The smallest absolute Gasteiger partial charge is 0.224 e. The number of hydrogen-bond acceptors (Lipinski definition) is 8. The number of pyridine rings is 1. The van der Waals surface area contributed by atoms with Crippen molar-refractivity contribution in [3.05, 3.63) is 60.6 Å². The van der Waals surface area contributed by atoms with Gasteiger partial charge < -0.3 is 10.2 Å². The minimum atomic E-state index is -3.44. The second-order valence-corrected chi connectivity index (χ2v) is 9.43. The molecule has 0 saturated carbocycles. The number of carbonyl (C=O) groups excluding carboxylic acids is 1. The summed E-state index contributed by atoms with van der Waals surface area (Å²) in [5, 5.41) is 13.7. The summed E-state index contributed by atoms with van der Waals surface area (Å²) < 4.78 is 28.3. The molecule has 3 heterocycles. The Hall–Kier alpha value is -3.38. The van der Waals surface area contributed by atoms with Crippen molar-refractivity contribution in [3.8, 4) is 5.69 Å². The fourth-order valence-corrected chi connectivity index (χ4v) is 4.82.